The van der Waals surface area contributed by atoms with Crippen molar-refractivity contribution in [3.8, 4) is 12.3 Å². The Bertz CT molecular complexity index is 278. The lowest BCUT2D eigenvalue weighted by Crippen LogP contribution is -1.76. The number of rotatable bonds is 1. The van der Waals surface area contributed by atoms with Crippen LogP contribution in [-0.2, 0) is 0 Å². The molecule has 0 N–H and O–H groups in total. The van der Waals surface area contributed by atoms with Crippen molar-refractivity contribution < 1.29 is 0 Å². The zero-order chi connectivity index (χ0) is 6.97. The van der Waals surface area contributed by atoms with Crippen molar-refractivity contribution in [3.63, 3.8) is 0 Å². The van der Waals surface area contributed by atoms with Crippen molar-refractivity contribution in [2.45, 2.75) is 18.8 Å². The Balaban J connectivity index is 2.29. The van der Waals surface area contributed by atoms with E-state index in [0.29, 0.717) is 0 Å². The first-order valence-corrected chi connectivity index (χ1v) is 4.20. The van der Waals surface area contributed by atoms with Gasteiger partial charge in [0.15, 0.2) is 0 Å². The summed E-state index contributed by atoms with van der Waals surface area (Å²) in [5.74, 6) is 3.27. The smallest absolute Gasteiger partial charge is 0.124 e. The van der Waals surface area contributed by atoms with Gasteiger partial charge >= 0.3 is 0 Å². The van der Waals surface area contributed by atoms with E-state index in [9.17, 15) is 0 Å². The van der Waals surface area contributed by atoms with Crippen LogP contribution in [0.15, 0.2) is 5.38 Å². The fourth-order valence-electron chi connectivity index (χ4n) is 0.872. The van der Waals surface area contributed by atoms with Crippen LogP contribution in [0.3, 0.4) is 0 Å². The summed E-state index contributed by atoms with van der Waals surface area (Å²) < 4.78 is 0. The van der Waals surface area contributed by atoms with E-state index in [1.165, 1.54) is 17.8 Å². The van der Waals surface area contributed by atoms with Gasteiger partial charge in [-0.05, 0) is 18.8 Å². The molecular weight excluding hydrogens is 142 g/mol. The summed E-state index contributed by atoms with van der Waals surface area (Å²) >= 11 is 1.69. The van der Waals surface area contributed by atoms with Gasteiger partial charge in [0.05, 0.1) is 5.01 Å². The van der Waals surface area contributed by atoms with Gasteiger partial charge in [0.1, 0.15) is 5.69 Å². The lowest BCUT2D eigenvalue weighted by atomic mass is 10.4. The Morgan fingerprint density at radius 2 is 2.50 bits per heavy atom. The maximum absolute atomic E-state index is 5.18. The molecule has 0 bridgehead atoms. The van der Waals surface area contributed by atoms with E-state index < -0.39 is 0 Å². The summed E-state index contributed by atoms with van der Waals surface area (Å²) in [5.41, 5.74) is 0.798. The molecule has 1 aromatic heterocycles. The van der Waals surface area contributed by atoms with Gasteiger partial charge in [0.25, 0.3) is 0 Å². The second-order valence-corrected chi connectivity index (χ2v) is 3.38. The molecule has 2 heteroatoms. The van der Waals surface area contributed by atoms with Gasteiger partial charge < -0.3 is 0 Å². The van der Waals surface area contributed by atoms with Crippen LogP contribution in [0.5, 0.6) is 0 Å². The zero-order valence-electron chi connectivity index (χ0n) is 5.50. The second-order valence-electron chi connectivity index (χ2n) is 2.49. The van der Waals surface area contributed by atoms with E-state index in [4.69, 9.17) is 6.42 Å². The SMILES string of the molecule is C#Cc1csc(C2CC2)n1. The highest BCUT2D eigenvalue weighted by Gasteiger charge is 2.26. The van der Waals surface area contributed by atoms with Gasteiger partial charge in [-0.25, -0.2) is 4.98 Å². The van der Waals surface area contributed by atoms with E-state index in [0.717, 1.165) is 11.6 Å². The number of thiazole rings is 1. The minimum absolute atomic E-state index is 0.743. The molecule has 0 unspecified atom stereocenters. The normalized spacial score (nSPS) is 16.7. The molecule has 1 aliphatic carbocycles. The highest BCUT2D eigenvalue weighted by molar-refractivity contribution is 7.09. The molecule has 0 aliphatic heterocycles. The van der Waals surface area contributed by atoms with Gasteiger partial charge in [0, 0.05) is 11.3 Å². The fourth-order valence-corrected chi connectivity index (χ4v) is 1.80. The van der Waals surface area contributed by atoms with Gasteiger partial charge in [-0.1, -0.05) is 0 Å². The predicted molar refractivity (Wildman–Crippen MR) is 42.0 cm³/mol. The van der Waals surface area contributed by atoms with E-state index >= 15 is 0 Å². The van der Waals surface area contributed by atoms with Crippen molar-refractivity contribution in [1.82, 2.24) is 4.98 Å². The highest BCUT2D eigenvalue weighted by atomic mass is 32.1. The number of terminal acetylenes is 1. The number of aromatic nitrogens is 1. The molecule has 1 saturated carbocycles. The number of nitrogens with zero attached hydrogens (tertiary/aromatic N) is 1. The van der Waals surface area contributed by atoms with Gasteiger partial charge in [-0.2, -0.15) is 0 Å². The van der Waals surface area contributed by atoms with E-state index in [-0.39, 0.29) is 0 Å². The van der Waals surface area contributed by atoms with Crippen LogP contribution < -0.4 is 0 Å². The topological polar surface area (TPSA) is 12.9 Å². The van der Waals surface area contributed by atoms with Gasteiger partial charge in [-0.15, -0.1) is 17.8 Å². The minimum Gasteiger partial charge on any atom is -0.232 e. The Hall–Kier alpha value is -0.810. The Morgan fingerprint density at radius 3 is 3.00 bits per heavy atom. The summed E-state index contributed by atoms with van der Waals surface area (Å²) in [4.78, 5) is 4.27. The largest absolute Gasteiger partial charge is 0.232 e. The summed E-state index contributed by atoms with van der Waals surface area (Å²) in [6, 6.07) is 0. The maximum atomic E-state index is 5.18. The van der Waals surface area contributed by atoms with Crippen LogP contribution in [0, 0.1) is 12.3 Å². The van der Waals surface area contributed by atoms with Crippen LogP contribution in [0.1, 0.15) is 29.5 Å². The summed E-state index contributed by atoms with van der Waals surface area (Å²) in [6.45, 7) is 0. The third-order valence-corrected chi connectivity index (χ3v) is 2.60. The Kier molecular flexibility index (Phi) is 1.25. The lowest BCUT2D eigenvalue weighted by molar-refractivity contribution is 1.08. The minimum atomic E-state index is 0.743. The van der Waals surface area contributed by atoms with Crippen molar-refractivity contribution in [1.29, 1.82) is 0 Å². The zero-order valence-corrected chi connectivity index (χ0v) is 6.32. The third kappa shape index (κ3) is 0.932. The molecule has 1 fully saturated rings. The number of hydrogen-bond donors (Lipinski definition) is 0. The predicted octanol–water partition coefficient (Wildman–Crippen LogP) is 2.00. The summed E-state index contributed by atoms with van der Waals surface area (Å²) in [6.07, 6.45) is 7.78. The summed E-state index contributed by atoms with van der Waals surface area (Å²) in [7, 11) is 0. The summed E-state index contributed by atoms with van der Waals surface area (Å²) in [5, 5.41) is 3.18. The van der Waals surface area contributed by atoms with Gasteiger partial charge in [-0.3, -0.25) is 0 Å². The molecule has 0 atom stereocenters. The average molecular weight is 149 g/mol. The molecule has 0 aromatic carbocycles. The van der Waals surface area contributed by atoms with E-state index in [1.807, 2.05) is 5.38 Å². The molecule has 0 spiro atoms. The monoisotopic (exact) mass is 149 g/mol. The lowest BCUT2D eigenvalue weighted by Gasteiger charge is -1.82. The van der Waals surface area contributed by atoms with Crippen molar-refractivity contribution in [2.24, 2.45) is 0 Å². The third-order valence-electron chi connectivity index (χ3n) is 1.60. The molecule has 1 heterocycles. The van der Waals surface area contributed by atoms with Crippen LogP contribution >= 0.6 is 11.3 Å². The Morgan fingerprint density at radius 1 is 1.70 bits per heavy atom. The quantitative estimate of drug-likeness (QED) is 0.556. The van der Waals surface area contributed by atoms with Crippen molar-refractivity contribution in [2.75, 3.05) is 0 Å². The molecule has 1 nitrogen and oxygen atoms in total. The molecule has 1 aliphatic rings. The first kappa shape index (κ1) is 5.94. The average Bonchev–Trinajstić information content (AvgIpc) is 2.70. The number of hydrogen-bond acceptors (Lipinski definition) is 2. The van der Waals surface area contributed by atoms with Crippen LogP contribution in [0.4, 0.5) is 0 Å². The molecule has 0 amide bonds. The van der Waals surface area contributed by atoms with E-state index in [2.05, 4.69) is 10.9 Å². The highest BCUT2D eigenvalue weighted by Crippen LogP contribution is 2.41. The fraction of sp³-hybridized carbons (Fsp3) is 0.375. The van der Waals surface area contributed by atoms with Crippen molar-refractivity contribution in [3.05, 3.63) is 16.1 Å². The molecular formula is C8H7NS. The Labute approximate surface area is 64.1 Å². The maximum Gasteiger partial charge on any atom is 0.124 e. The second kappa shape index (κ2) is 2.10. The molecule has 10 heavy (non-hydrogen) atoms. The molecule has 0 radical (unpaired) electrons. The molecule has 1 aromatic rings. The molecule has 0 saturated heterocycles. The van der Waals surface area contributed by atoms with Crippen LogP contribution in [0.25, 0.3) is 0 Å². The first-order valence-electron chi connectivity index (χ1n) is 3.32. The van der Waals surface area contributed by atoms with Crippen LogP contribution in [0.2, 0.25) is 0 Å². The van der Waals surface area contributed by atoms with E-state index in [1.54, 1.807) is 11.3 Å². The molecule has 50 valence electrons. The van der Waals surface area contributed by atoms with Crippen LogP contribution in [-0.4, -0.2) is 4.98 Å². The molecule has 2 rings (SSSR count). The standard InChI is InChI=1S/C8H7NS/c1-2-7-5-10-8(9-7)6-3-4-6/h1,5-6H,3-4H2. The van der Waals surface area contributed by atoms with Gasteiger partial charge in [0.2, 0.25) is 0 Å². The first-order chi connectivity index (χ1) is 4.90. The van der Waals surface area contributed by atoms with Crippen molar-refractivity contribution >= 4 is 11.3 Å².